The lowest BCUT2D eigenvalue weighted by atomic mass is 9.77. The summed E-state index contributed by atoms with van der Waals surface area (Å²) < 4.78 is 12.4. The molecule has 136 valence electrons. The van der Waals surface area contributed by atoms with Crippen LogP contribution in [-0.4, -0.2) is 46.4 Å². The van der Waals surface area contributed by atoms with E-state index < -0.39 is 7.12 Å². The van der Waals surface area contributed by atoms with Gasteiger partial charge in [-0.2, -0.15) is 0 Å². The lowest BCUT2D eigenvalue weighted by molar-refractivity contribution is 0.00578. The van der Waals surface area contributed by atoms with Crippen molar-refractivity contribution >= 4 is 29.3 Å². The number of nitrogens with one attached hydrogen (secondary N) is 1. The summed E-state index contributed by atoms with van der Waals surface area (Å²) in [6.07, 6.45) is 3.88. The second-order valence-electron chi connectivity index (χ2n) is 7.84. The van der Waals surface area contributed by atoms with Crippen LogP contribution in [0.15, 0.2) is 30.6 Å². The molecule has 0 spiro atoms. The van der Waals surface area contributed by atoms with Gasteiger partial charge in [0.15, 0.2) is 5.65 Å². The second-order valence-corrected chi connectivity index (χ2v) is 7.84. The molecule has 1 saturated heterocycles. The molecule has 0 bridgehead atoms. The van der Waals surface area contributed by atoms with Crippen LogP contribution in [0.5, 0.6) is 0 Å². The Labute approximate surface area is 154 Å². The van der Waals surface area contributed by atoms with Crippen LogP contribution in [0.3, 0.4) is 0 Å². The van der Waals surface area contributed by atoms with E-state index in [9.17, 15) is 0 Å². The Kier molecular flexibility index (Phi) is 3.97. The molecule has 0 unspecified atom stereocenters. The molecule has 7 heteroatoms. The number of pyridine rings is 2. The van der Waals surface area contributed by atoms with Crippen LogP contribution in [0.2, 0.25) is 0 Å². The first-order valence-electron chi connectivity index (χ1n) is 9.12. The van der Waals surface area contributed by atoms with Gasteiger partial charge in [0.1, 0.15) is 0 Å². The number of nitrogens with zero attached hydrogens (tertiary/aromatic N) is 3. The molecule has 4 heterocycles. The first kappa shape index (κ1) is 17.3. The van der Waals surface area contributed by atoms with Gasteiger partial charge in [0, 0.05) is 24.3 Å². The molecule has 2 aromatic heterocycles. The van der Waals surface area contributed by atoms with E-state index in [0.717, 1.165) is 35.5 Å². The molecular formula is C19H25BN4O2. The lowest BCUT2D eigenvalue weighted by Gasteiger charge is -2.32. The zero-order valence-electron chi connectivity index (χ0n) is 16.0. The van der Waals surface area contributed by atoms with E-state index in [1.54, 1.807) is 6.20 Å². The van der Waals surface area contributed by atoms with Gasteiger partial charge in [-0.1, -0.05) is 0 Å². The number of hydrogen-bond donors (Lipinski definition) is 1. The van der Waals surface area contributed by atoms with Crippen molar-refractivity contribution in [2.45, 2.75) is 45.8 Å². The van der Waals surface area contributed by atoms with E-state index in [2.05, 4.69) is 62.1 Å². The topological polar surface area (TPSA) is 59.5 Å². The van der Waals surface area contributed by atoms with Crippen LogP contribution >= 0.6 is 0 Å². The quantitative estimate of drug-likeness (QED) is 0.854. The van der Waals surface area contributed by atoms with Crippen molar-refractivity contribution in [3.05, 3.63) is 36.3 Å². The van der Waals surface area contributed by atoms with Crippen molar-refractivity contribution in [2.24, 2.45) is 0 Å². The zero-order chi connectivity index (χ0) is 18.5. The number of rotatable bonds is 3. The predicted octanol–water partition coefficient (Wildman–Crippen LogP) is 2.11. The van der Waals surface area contributed by atoms with E-state index in [0.29, 0.717) is 5.65 Å². The Hall–Kier alpha value is -2.12. The minimum Gasteiger partial charge on any atom is -0.399 e. The summed E-state index contributed by atoms with van der Waals surface area (Å²) in [6.45, 7) is 12.2. The average molecular weight is 352 g/mol. The molecule has 0 aliphatic carbocycles. The predicted molar refractivity (Wildman–Crippen MR) is 104 cm³/mol. The molecule has 26 heavy (non-hydrogen) atoms. The van der Waals surface area contributed by atoms with Crippen molar-refractivity contribution in [1.82, 2.24) is 20.2 Å². The molecule has 2 aliphatic rings. The summed E-state index contributed by atoms with van der Waals surface area (Å²) in [5.74, 6) is 0. The fourth-order valence-corrected chi connectivity index (χ4v) is 3.20. The molecule has 2 aromatic rings. The van der Waals surface area contributed by atoms with Crippen LogP contribution in [-0.2, 0) is 9.31 Å². The smallest absolute Gasteiger partial charge is 0.399 e. The molecule has 0 aromatic carbocycles. The SMILES string of the molecule is CCN1C=C(c2ccc3c(B4OC(C)(C)C(C)(C)O4)ccnc3n2)NC1. The maximum Gasteiger partial charge on any atom is 0.495 e. The van der Waals surface area contributed by atoms with Gasteiger partial charge < -0.3 is 19.5 Å². The number of fused-ring (bicyclic) bond motifs is 1. The molecule has 6 nitrogen and oxygen atoms in total. The highest BCUT2D eigenvalue weighted by molar-refractivity contribution is 6.65. The average Bonchev–Trinajstić information content (AvgIpc) is 3.16. The standard InChI is InChI=1S/C19H25BN4O2/c1-6-24-11-16(22-12-24)15-8-7-13-14(9-10-21-17(13)23-15)20-25-18(2,3)19(4,5)26-20/h7-11,22H,6,12H2,1-5H3. The van der Waals surface area contributed by atoms with Gasteiger partial charge in [0.05, 0.1) is 29.3 Å². The molecule has 4 rings (SSSR count). The van der Waals surface area contributed by atoms with Gasteiger partial charge in [-0.15, -0.1) is 0 Å². The first-order chi connectivity index (χ1) is 12.3. The lowest BCUT2D eigenvalue weighted by Crippen LogP contribution is -2.41. The highest BCUT2D eigenvalue weighted by Gasteiger charge is 2.52. The third-order valence-electron chi connectivity index (χ3n) is 5.61. The minimum atomic E-state index is -0.419. The van der Waals surface area contributed by atoms with E-state index in [4.69, 9.17) is 14.3 Å². The summed E-state index contributed by atoms with van der Waals surface area (Å²) in [4.78, 5) is 11.4. The van der Waals surface area contributed by atoms with E-state index in [1.165, 1.54) is 0 Å². The van der Waals surface area contributed by atoms with Crippen LogP contribution in [0.4, 0.5) is 0 Å². The Morgan fingerprint density at radius 1 is 1.15 bits per heavy atom. The maximum atomic E-state index is 6.21. The van der Waals surface area contributed by atoms with Crippen LogP contribution in [0.1, 0.15) is 40.3 Å². The molecule has 0 saturated carbocycles. The van der Waals surface area contributed by atoms with Gasteiger partial charge in [0.25, 0.3) is 0 Å². The monoisotopic (exact) mass is 352 g/mol. The van der Waals surface area contributed by atoms with Crippen molar-refractivity contribution in [1.29, 1.82) is 0 Å². The van der Waals surface area contributed by atoms with Crippen LogP contribution in [0.25, 0.3) is 16.7 Å². The minimum absolute atomic E-state index is 0.372. The van der Waals surface area contributed by atoms with Gasteiger partial charge >= 0.3 is 7.12 Å². The van der Waals surface area contributed by atoms with E-state index in [-0.39, 0.29) is 11.2 Å². The number of aromatic nitrogens is 2. The van der Waals surface area contributed by atoms with Gasteiger partial charge in [0.2, 0.25) is 0 Å². The summed E-state index contributed by atoms with van der Waals surface area (Å²) in [5.41, 5.74) is 2.85. The van der Waals surface area contributed by atoms with Gasteiger partial charge in [-0.05, 0) is 58.3 Å². The van der Waals surface area contributed by atoms with Crippen LogP contribution < -0.4 is 10.8 Å². The highest BCUT2D eigenvalue weighted by Crippen LogP contribution is 2.36. The second kappa shape index (κ2) is 5.96. The fourth-order valence-electron chi connectivity index (χ4n) is 3.20. The van der Waals surface area contributed by atoms with Crippen molar-refractivity contribution in [3.63, 3.8) is 0 Å². The molecular weight excluding hydrogens is 327 g/mol. The summed E-state index contributed by atoms with van der Waals surface area (Å²) >= 11 is 0. The number of hydrogen-bond acceptors (Lipinski definition) is 6. The Bertz CT molecular complexity index is 865. The summed E-state index contributed by atoms with van der Waals surface area (Å²) in [6, 6.07) is 6.04. The normalized spacial score (nSPS) is 21.2. The van der Waals surface area contributed by atoms with Crippen LogP contribution in [0, 0.1) is 0 Å². The summed E-state index contributed by atoms with van der Waals surface area (Å²) in [5, 5.41) is 4.34. The molecule has 0 atom stereocenters. The molecule has 1 N–H and O–H groups in total. The largest absolute Gasteiger partial charge is 0.495 e. The van der Waals surface area contributed by atoms with Gasteiger partial charge in [-0.3, -0.25) is 0 Å². The maximum absolute atomic E-state index is 6.21. The highest BCUT2D eigenvalue weighted by atomic mass is 16.7. The first-order valence-corrected chi connectivity index (χ1v) is 9.12. The molecule has 0 radical (unpaired) electrons. The molecule has 0 amide bonds. The third-order valence-corrected chi connectivity index (χ3v) is 5.61. The fraction of sp³-hybridized carbons (Fsp3) is 0.474. The van der Waals surface area contributed by atoms with Crippen molar-refractivity contribution in [3.8, 4) is 0 Å². The zero-order valence-corrected chi connectivity index (χ0v) is 16.0. The Balaban J connectivity index is 1.71. The van der Waals surface area contributed by atoms with E-state index >= 15 is 0 Å². The van der Waals surface area contributed by atoms with Crippen molar-refractivity contribution in [2.75, 3.05) is 13.2 Å². The Morgan fingerprint density at radius 2 is 1.88 bits per heavy atom. The summed E-state index contributed by atoms with van der Waals surface area (Å²) in [7, 11) is -0.419. The third kappa shape index (κ3) is 2.75. The molecule has 1 fully saturated rings. The molecule has 2 aliphatic heterocycles. The van der Waals surface area contributed by atoms with Crippen molar-refractivity contribution < 1.29 is 9.31 Å². The Morgan fingerprint density at radius 3 is 2.54 bits per heavy atom. The van der Waals surface area contributed by atoms with Gasteiger partial charge in [-0.25, -0.2) is 9.97 Å². The van der Waals surface area contributed by atoms with E-state index in [1.807, 2.05) is 12.1 Å².